The number of alkyl halides is 3. The van der Waals surface area contributed by atoms with Gasteiger partial charge in [-0.05, 0) is 67.1 Å². The predicted molar refractivity (Wildman–Crippen MR) is 114 cm³/mol. The van der Waals surface area contributed by atoms with Crippen molar-refractivity contribution < 1.29 is 26.4 Å². The first kappa shape index (κ1) is 23.5. The lowest BCUT2D eigenvalue weighted by molar-refractivity contribution is -0.137. The Morgan fingerprint density at radius 3 is 2.31 bits per heavy atom. The molecule has 0 aromatic heterocycles. The van der Waals surface area contributed by atoms with Crippen molar-refractivity contribution in [2.45, 2.75) is 70.0 Å². The van der Waals surface area contributed by atoms with Gasteiger partial charge in [-0.25, -0.2) is 8.42 Å². The molecule has 1 aromatic carbocycles. The standard InChI is InChI=1S/C23H31F3N2O3S/c1-21(2)16-7-10-22(21,3)19(14-16)27-20(29)15-8-11-28(12-9-15)32(30,31)18-6-4-5-17(13-18)23(24,25)26/h4-6,13,15-16,19H,7-12,14H2,1-3H3,(H,27,29). The first-order valence-corrected chi connectivity index (χ1v) is 12.7. The SMILES string of the molecule is CC1(C)C2CCC1(C)C(NC(=O)C1CCN(S(=O)(=O)c3cccc(C(F)(F)F)c3)CC1)C2. The first-order chi connectivity index (χ1) is 14.8. The van der Waals surface area contributed by atoms with Crippen molar-refractivity contribution in [2.24, 2.45) is 22.7 Å². The molecule has 3 unspecified atom stereocenters. The van der Waals surface area contributed by atoms with E-state index in [1.54, 1.807) is 0 Å². The molecule has 1 saturated heterocycles. The monoisotopic (exact) mass is 472 g/mol. The third kappa shape index (κ3) is 3.75. The van der Waals surface area contributed by atoms with Crippen LogP contribution in [0.5, 0.6) is 0 Å². The number of piperidine rings is 1. The van der Waals surface area contributed by atoms with Crippen LogP contribution in [0.2, 0.25) is 0 Å². The molecule has 1 heterocycles. The second kappa shape index (κ2) is 7.72. The van der Waals surface area contributed by atoms with Crippen molar-refractivity contribution >= 4 is 15.9 Å². The molecule has 3 fully saturated rings. The number of nitrogens with zero attached hydrogens (tertiary/aromatic N) is 1. The van der Waals surface area contributed by atoms with E-state index in [9.17, 15) is 26.4 Å². The van der Waals surface area contributed by atoms with E-state index < -0.39 is 21.8 Å². The highest BCUT2D eigenvalue weighted by atomic mass is 32.2. The molecule has 9 heteroatoms. The lowest BCUT2D eigenvalue weighted by atomic mass is 9.69. The van der Waals surface area contributed by atoms with Crippen molar-refractivity contribution in [1.82, 2.24) is 9.62 Å². The second-order valence-electron chi connectivity index (χ2n) is 10.4. The number of rotatable bonds is 4. The van der Waals surface area contributed by atoms with E-state index in [-0.39, 0.29) is 46.7 Å². The second-order valence-corrected chi connectivity index (χ2v) is 12.3. The summed E-state index contributed by atoms with van der Waals surface area (Å²) in [6.07, 6.45) is -0.606. The van der Waals surface area contributed by atoms with E-state index in [0.717, 1.165) is 25.0 Å². The van der Waals surface area contributed by atoms with Crippen LogP contribution in [0.3, 0.4) is 0 Å². The number of nitrogens with one attached hydrogen (secondary N) is 1. The molecule has 178 valence electrons. The number of fused-ring (bicyclic) bond motifs is 2. The number of carbonyl (C=O) groups is 1. The Morgan fingerprint density at radius 2 is 1.78 bits per heavy atom. The van der Waals surface area contributed by atoms with Crippen LogP contribution >= 0.6 is 0 Å². The van der Waals surface area contributed by atoms with Gasteiger partial charge in [-0.2, -0.15) is 17.5 Å². The fourth-order valence-corrected chi connectivity index (χ4v) is 7.57. The Kier molecular flexibility index (Phi) is 5.68. The number of amides is 1. The number of hydrogen-bond donors (Lipinski definition) is 1. The van der Waals surface area contributed by atoms with E-state index in [0.29, 0.717) is 24.8 Å². The van der Waals surface area contributed by atoms with Gasteiger partial charge in [0.1, 0.15) is 0 Å². The molecule has 1 aliphatic heterocycles. The fraction of sp³-hybridized carbons (Fsp3) is 0.696. The smallest absolute Gasteiger partial charge is 0.353 e. The zero-order valence-electron chi connectivity index (χ0n) is 18.7. The number of sulfonamides is 1. The summed E-state index contributed by atoms with van der Waals surface area (Å²) in [5.74, 6) is 0.293. The van der Waals surface area contributed by atoms with Crippen LogP contribution in [0, 0.1) is 22.7 Å². The van der Waals surface area contributed by atoms with E-state index in [1.807, 2.05) is 0 Å². The molecule has 2 aliphatic carbocycles. The maximum atomic E-state index is 13.0. The molecule has 2 saturated carbocycles. The van der Waals surface area contributed by atoms with E-state index in [1.165, 1.54) is 16.8 Å². The molecular formula is C23H31F3N2O3S. The molecule has 1 amide bonds. The van der Waals surface area contributed by atoms with Crippen LogP contribution in [-0.4, -0.2) is 37.8 Å². The molecule has 1 aromatic rings. The Bertz CT molecular complexity index is 1000. The van der Waals surface area contributed by atoms with Crippen molar-refractivity contribution in [3.63, 3.8) is 0 Å². The van der Waals surface area contributed by atoms with E-state index >= 15 is 0 Å². The molecule has 0 spiro atoms. The van der Waals surface area contributed by atoms with Crippen molar-refractivity contribution in [3.05, 3.63) is 29.8 Å². The Hall–Kier alpha value is -1.61. The first-order valence-electron chi connectivity index (χ1n) is 11.2. The van der Waals surface area contributed by atoms with Crippen molar-refractivity contribution in [1.29, 1.82) is 0 Å². The third-order valence-electron chi connectivity index (χ3n) is 8.73. The van der Waals surface area contributed by atoms with Gasteiger partial charge in [-0.3, -0.25) is 4.79 Å². The Morgan fingerprint density at radius 1 is 1.12 bits per heavy atom. The summed E-state index contributed by atoms with van der Waals surface area (Å²) in [7, 11) is -4.05. The van der Waals surface area contributed by atoms with Crippen LogP contribution in [0.4, 0.5) is 13.2 Å². The molecule has 0 radical (unpaired) electrons. The predicted octanol–water partition coefficient (Wildman–Crippen LogP) is 4.44. The Balaban J connectivity index is 1.39. The molecule has 1 N–H and O–H groups in total. The normalized spacial score (nSPS) is 31.1. The highest BCUT2D eigenvalue weighted by Gasteiger charge is 2.61. The highest BCUT2D eigenvalue weighted by molar-refractivity contribution is 7.89. The lowest BCUT2D eigenvalue weighted by Crippen LogP contribution is -2.50. The minimum Gasteiger partial charge on any atom is -0.353 e. The maximum absolute atomic E-state index is 13.0. The molecule has 2 bridgehead atoms. The molecule has 32 heavy (non-hydrogen) atoms. The number of halogens is 3. The molecule has 5 nitrogen and oxygen atoms in total. The van der Waals surface area contributed by atoms with Crippen LogP contribution in [0.15, 0.2) is 29.2 Å². The minimum absolute atomic E-state index is 0.0318. The topological polar surface area (TPSA) is 66.5 Å². The van der Waals surface area contributed by atoms with Crippen molar-refractivity contribution in [3.8, 4) is 0 Å². The van der Waals surface area contributed by atoms with Gasteiger partial charge >= 0.3 is 6.18 Å². The maximum Gasteiger partial charge on any atom is 0.416 e. The summed E-state index contributed by atoms with van der Waals surface area (Å²) in [4.78, 5) is 12.6. The van der Waals surface area contributed by atoms with Crippen LogP contribution in [0.1, 0.15) is 58.4 Å². The summed E-state index contributed by atoms with van der Waals surface area (Å²) in [6, 6.07) is 3.95. The van der Waals surface area contributed by atoms with Crippen LogP contribution < -0.4 is 5.32 Å². The van der Waals surface area contributed by atoms with Crippen LogP contribution in [-0.2, 0) is 21.0 Å². The number of carbonyl (C=O) groups excluding carboxylic acids is 1. The van der Waals surface area contributed by atoms with Gasteiger partial charge in [-0.15, -0.1) is 0 Å². The lowest BCUT2D eigenvalue weighted by Gasteiger charge is -2.40. The highest BCUT2D eigenvalue weighted by Crippen LogP contribution is 2.65. The number of benzene rings is 1. The Labute approximate surface area is 187 Å². The summed E-state index contributed by atoms with van der Waals surface area (Å²) in [5.41, 5.74) is -0.732. The summed E-state index contributed by atoms with van der Waals surface area (Å²) in [5, 5.41) is 3.25. The minimum atomic E-state index is -4.61. The van der Waals surface area contributed by atoms with Gasteiger partial charge in [0.25, 0.3) is 0 Å². The fourth-order valence-electron chi connectivity index (χ4n) is 6.05. The molecule has 3 atom stereocenters. The zero-order valence-corrected chi connectivity index (χ0v) is 19.5. The summed E-state index contributed by atoms with van der Waals surface area (Å²) < 4.78 is 65.9. The average molecular weight is 473 g/mol. The largest absolute Gasteiger partial charge is 0.416 e. The van der Waals surface area contributed by atoms with Gasteiger partial charge in [0, 0.05) is 25.0 Å². The van der Waals surface area contributed by atoms with Gasteiger partial charge in [0.2, 0.25) is 15.9 Å². The van der Waals surface area contributed by atoms with Gasteiger partial charge < -0.3 is 5.32 Å². The van der Waals surface area contributed by atoms with E-state index in [4.69, 9.17) is 0 Å². The summed E-state index contributed by atoms with van der Waals surface area (Å²) in [6.45, 7) is 7.07. The molecule has 4 rings (SSSR count). The third-order valence-corrected chi connectivity index (χ3v) is 10.6. The molecular weight excluding hydrogens is 441 g/mol. The zero-order chi connectivity index (χ0) is 23.5. The summed E-state index contributed by atoms with van der Waals surface area (Å²) >= 11 is 0. The van der Waals surface area contributed by atoms with E-state index in [2.05, 4.69) is 26.1 Å². The van der Waals surface area contributed by atoms with Crippen molar-refractivity contribution in [2.75, 3.05) is 13.1 Å². The van der Waals surface area contributed by atoms with Crippen LogP contribution in [0.25, 0.3) is 0 Å². The average Bonchev–Trinajstić information content (AvgIpc) is 3.07. The quantitative estimate of drug-likeness (QED) is 0.705. The van der Waals surface area contributed by atoms with Gasteiger partial charge in [0.05, 0.1) is 10.5 Å². The van der Waals surface area contributed by atoms with Gasteiger partial charge in [0.15, 0.2) is 0 Å². The number of hydrogen-bond acceptors (Lipinski definition) is 3. The van der Waals surface area contributed by atoms with Gasteiger partial charge in [-0.1, -0.05) is 26.8 Å². The molecule has 3 aliphatic rings.